The third-order valence-corrected chi connectivity index (χ3v) is 5.42. The van der Waals surface area contributed by atoms with E-state index in [9.17, 15) is 9.90 Å². The highest BCUT2D eigenvalue weighted by atomic mass is 16.5. The number of methoxy groups -OCH3 is 1. The molecular weight excluding hydrogens is 416 g/mol. The SMILES string of the molecule is COc1ccccc1CNC(=O)Cc1cccc(C[C@@H](C)NC[C@@H](O)c2ccc(N)nc2)c1. The molecule has 0 spiro atoms. The molecule has 1 heterocycles. The van der Waals surface area contributed by atoms with Crippen molar-refractivity contribution < 1.29 is 14.6 Å². The van der Waals surface area contributed by atoms with Gasteiger partial charge in [0.25, 0.3) is 0 Å². The number of amides is 1. The third kappa shape index (κ3) is 7.59. The molecule has 0 radical (unpaired) electrons. The molecule has 2 aromatic carbocycles. The first-order chi connectivity index (χ1) is 15.9. The van der Waals surface area contributed by atoms with Gasteiger partial charge in [-0.1, -0.05) is 48.5 Å². The van der Waals surface area contributed by atoms with Gasteiger partial charge < -0.3 is 26.2 Å². The maximum absolute atomic E-state index is 12.4. The number of nitrogens with one attached hydrogen (secondary N) is 2. The Morgan fingerprint density at radius 3 is 2.67 bits per heavy atom. The molecule has 3 rings (SSSR count). The zero-order valence-electron chi connectivity index (χ0n) is 19.1. The normalized spacial score (nSPS) is 12.7. The number of ether oxygens (including phenoxy) is 1. The highest BCUT2D eigenvalue weighted by molar-refractivity contribution is 5.78. The Balaban J connectivity index is 1.47. The number of hydrogen-bond acceptors (Lipinski definition) is 6. The van der Waals surface area contributed by atoms with Crippen LogP contribution in [0.1, 0.15) is 35.3 Å². The molecule has 5 N–H and O–H groups in total. The molecule has 0 aliphatic carbocycles. The molecule has 0 saturated heterocycles. The molecule has 2 atom stereocenters. The minimum atomic E-state index is -0.654. The Morgan fingerprint density at radius 2 is 1.91 bits per heavy atom. The van der Waals surface area contributed by atoms with Gasteiger partial charge in [-0.3, -0.25) is 4.79 Å². The lowest BCUT2D eigenvalue weighted by Gasteiger charge is -2.18. The van der Waals surface area contributed by atoms with Crippen LogP contribution in [0.5, 0.6) is 5.75 Å². The largest absolute Gasteiger partial charge is 0.496 e. The van der Waals surface area contributed by atoms with Gasteiger partial charge >= 0.3 is 0 Å². The second-order valence-electron chi connectivity index (χ2n) is 8.13. The Labute approximate surface area is 195 Å². The van der Waals surface area contributed by atoms with Crippen molar-refractivity contribution in [3.63, 3.8) is 0 Å². The Kier molecular flexibility index (Phi) is 8.80. The number of benzene rings is 2. The van der Waals surface area contributed by atoms with Crippen LogP contribution in [0.15, 0.2) is 66.9 Å². The van der Waals surface area contributed by atoms with Gasteiger partial charge in [0, 0.05) is 36.5 Å². The minimum absolute atomic E-state index is 0.0375. The van der Waals surface area contributed by atoms with E-state index in [-0.39, 0.29) is 11.9 Å². The van der Waals surface area contributed by atoms with E-state index in [2.05, 4.69) is 34.7 Å². The number of para-hydroxylation sites is 1. The lowest BCUT2D eigenvalue weighted by molar-refractivity contribution is -0.120. The summed E-state index contributed by atoms with van der Waals surface area (Å²) in [5.41, 5.74) is 9.36. The van der Waals surface area contributed by atoms with Crippen LogP contribution in [0, 0.1) is 0 Å². The lowest BCUT2D eigenvalue weighted by Crippen LogP contribution is -2.32. The topological polar surface area (TPSA) is 110 Å². The molecule has 0 fully saturated rings. The first-order valence-electron chi connectivity index (χ1n) is 11.0. The van der Waals surface area contributed by atoms with Crippen molar-refractivity contribution in [2.24, 2.45) is 0 Å². The van der Waals surface area contributed by atoms with Gasteiger partial charge in [-0.15, -0.1) is 0 Å². The highest BCUT2D eigenvalue weighted by Crippen LogP contribution is 2.17. The van der Waals surface area contributed by atoms with Crippen LogP contribution in [0.25, 0.3) is 0 Å². The molecule has 3 aromatic rings. The van der Waals surface area contributed by atoms with Gasteiger partial charge in [-0.2, -0.15) is 0 Å². The molecule has 174 valence electrons. The van der Waals surface area contributed by atoms with Gasteiger partial charge in [0.1, 0.15) is 11.6 Å². The molecule has 0 bridgehead atoms. The van der Waals surface area contributed by atoms with E-state index in [4.69, 9.17) is 10.5 Å². The summed E-state index contributed by atoms with van der Waals surface area (Å²) in [5, 5.41) is 16.7. The summed E-state index contributed by atoms with van der Waals surface area (Å²) in [6, 6.07) is 19.3. The summed E-state index contributed by atoms with van der Waals surface area (Å²) in [4.78, 5) is 16.5. The van der Waals surface area contributed by atoms with E-state index in [0.29, 0.717) is 25.3 Å². The number of aliphatic hydroxyl groups excluding tert-OH is 1. The zero-order valence-corrected chi connectivity index (χ0v) is 19.1. The van der Waals surface area contributed by atoms with Crippen LogP contribution in [-0.4, -0.2) is 35.7 Å². The minimum Gasteiger partial charge on any atom is -0.496 e. The van der Waals surface area contributed by atoms with E-state index < -0.39 is 6.10 Å². The number of aliphatic hydroxyl groups is 1. The average molecular weight is 449 g/mol. The maximum Gasteiger partial charge on any atom is 0.224 e. The molecular formula is C26H32N4O3. The van der Waals surface area contributed by atoms with Gasteiger partial charge in [0.15, 0.2) is 0 Å². The number of pyridine rings is 1. The molecule has 7 heteroatoms. The summed E-state index contributed by atoms with van der Waals surface area (Å²) >= 11 is 0. The second-order valence-corrected chi connectivity index (χ2v) is 8.13. The number of anilines is 1. The first-order valence-corrected chi connectivity index (χ1v) is 11.0. The second kappa shape index (κ2) is 12.0. The number of aromatic nitrogens is 1. The molecule has 0 aliphatic rings. The lowest BCUT2D eigenvalue weighted by atomic mass is 10.0. The monoisotopic (exact) mass is 448 g/mol. The average Bonchev–Trinajstić information content (AvgIpc) is 2.82. The number of carbonyl (C=O) groups excluding carboxylic acids is 1. The van der Waals surface area contributed by atoms with Crippen molar-refractivity contribution >= 4 is 11.7 Å². The Hall–Kier alpha value is -3.42. The van der Waals surface area contributed by atoms with Crippen LogP contribution in [0.3, 0.4) is 0 Å². The van der Waals surface area contributed by atoms with Crippen LogP contribution in [-0.2, 0) is 24.2 Å². The van der Waals surface area contributed by atoms with E-state index in [1.54, 1.807) is 25.4 Å². The van der Waals surface area contributed by atoms with E-state index in [1.807, 2.05) is 36.4 Å². The fourth-order valence-corrected chi connectivity index (χ4v) is 3.63. The number of nitrogens with two attached hydrogens (primary N) is 1. The molecule has 1 aromatic heterocycles. The fourth-order valence-electron chi connectivity index (χ4n) is 3.63. The predicted molar refractivity (Wildman–Crippen MR) is 130 cm³/mol. The molecule has 0 saturated carbocycles. The van der Waals surface area contributed by atoms with Gasteiger partial charge in [-0.25, -0.2) is 4.98 Å². The smallest absolute Gasteiger partial charge is 0.224 e. The van der Waals surface area contributed by atoms with Crippen molar-refractivity contribution in [1.82, 2.24) is 15.6 Å². The van der Waals surface area contributed by atoms with E-state index in [1.165, 1.54) is 0 Å². The van der Waals surface area contributed by atoms with Crippen LogP contribution < -0.4 is 21.1 Å². The summed E-state index contributed by atoms with van der Waals surface area (Å²) in [6.07, 6.45) is 2.03. The van der Waals surface area contributed by atoms with Gasteiger partial charge in [0.2, 0.25) is 5.91 Å². The molecule has 0 aliphatic heterocycles. The number of nitrogen functional groups attached to an aromatic ring is 1. The Bertz CT molecular complexity index is 1040. The van der Waals surface area contributed by atoms with Gasteiger partial charge in [-0.05, 0) is 36.6 Å². The van der Waals surface area contributed by atoms with Crippen molar-refractivity contribution in [1.29, 1.82) is 0 Å². The standard InChI is InChI=1S/C26H32N4O3/c1-18(28-17-23(31)21-10-11-25(27)29-15-21)12-19-6-5-7-20(13-19)14-26(32)30-16-22-8-3-4-9-24(22)33-2/h3-11,13,15,18,23,28,31H,12,14,16-17H2,1-2H3,(H2,27,29)(H,30,32)/t18-,23-/m1/s1. The maximum atomic E-state index is 12.4. The number of rotatable bonds is 11. The highest BCUT2D eigenvalue weighted by Gasteiger charge is 2.11. The molecule has 1 amide bonds. The quantitative estimate of drug-likeness (QED) is 0.359. The first kappa shape index (κ1) is 24.2. The summed E-state index contributed by atoms with van der Waals surface area (Å²) in [5.74, 6) is 1.16. The van der Waals surface area contributed by atoms with Crippen molar-refractivity contribution in [3.05, 3.63) is 89.1 Å². The number of nitrogens with zero attached hydrogens (tertiary/aromatic N) is 1. The number of carbonyl (C=O) groups is 1. The third-order valence-electron chi connectivity index (χ3n) is 5.42. The van der Waals surface area contributed by atoms with E-state index in [0.717, 1.165) is 34.4 Å². The zero-order chi connectivity index (χ0) is 23.6. The summed E-state index contributed by atoms with van der Waals surface area (Å²) in [7, 11) is 1.62. The van der Waals surface area contributed by atoms with Gasteiger partial charge in [0.05, 0.1) is 19.6 Å². The van der Waals surface area contributed by atoms with Crippen molar-refractivity contribution in [3.8, 4) is 5.75 Å². The Morgan fingerprint density at radius 1 is 1.12 bits per heavy atom. The van der Waals surface area contributed by atoms with Crippen molar-refractivity contribution in [2.45, 2.75) is 38.5 Å². The summed E-state index contributed by atoms with van der Waals surface area (Å²) < 4.78 is 5.33. The van der Waals surface area contributed by atoms with Crippen LogP contribution >= 0.6 is 0 Å². The molecule has 33 heavy (non-hydrogen) atoms. The summed E-state index contributed by atoms with van der Waals surface area (Å²) in [6.45, 7) is 2.91. The number of hydrogen-bond donors (Lipinski definition) is 4. The molecule has 0 unspecified atom stereocenters. The molecule has 7 nitrogen and oxygen atoms in total. The fraction of sp³-hybridized carbons (Fsp3) is 0.308. The van der Waals surface area contributed by atoms with E-state index >= 15 is 0 Å². The van der Waals surface area contributed by atoms with Crippen LogP contribution in [0.4, 0.5) is 5.82 Å². The van der Waals surface area contributed by atoms with Crippen LogP contribution in [0.2, 0.25) is 0 Å². The van der Waals surface area contributed by atoms with Crippen molar-refractivity contribution in [2.75, 3.05) is 19.4 Å². The predicted octanol–water partition coefficient (Wildman–Crippen LogP) is 2.79.